The van der Waals surface area contributed by atoms with Crippen LogP contribution in [-0.2, 0) is 0 Å². The summed E-state index contributed by atoms with van der Waals surface area (Å²) in [4.78, 5) is 2.39. The van der Waals surface area contributed by atoms with Gasteiger partial charge in [-0.15, -0.1) is 0 Å². The summed E-state index contributed by atoms with van der Waals surface area (Å²) in [5.41, 5.74) is 6.52. The number of aliphatic hydroxyl groups excluding tert-OH is 1. The second-order valence-corrected chi connectivity index (χ2v) is 6.75. The smallest absolute Gasteiger partial charge is 0.0602 e. The van der Waals surface area contributed by atoms with E-state index in [2.05, 4.69) is 39.5 Å². The first-order valence-electron chi connectivity index (χ1n) is 6.33. The van der Waals surface area contributed by atoms with Crippen molar-refractivity contribution >= 4 is 0 Å². The Kier molecular flexibility index (Phi) is 4.04. The van der Waals surface area contributed by atoms with Gasteiger partial charge in [0.15, 0.2) is 0 Å². The van der Waals surface area contributed by atoms with Gasteiger partial charge in [0.1, 0.15) is 0 Å². The molecule has 1 aliphatic heterocycles. The molecule has 0 amide bonds. The van der Waals surface area contributed by atoms with Crippen molar-refractivity contribution < 1.29 is 5.11 Å². The van der Waals surface area contributed by atoms with E-state index in [0.29, 0.717) is 0 Å². The number of likely N-dealkylation sites (tertiary alicyclic amines) is 1. The van der Waals surface area contributed by atoms with E-state index in [9.17, 15) is 5.11 Å². The summed E-state index contributed by atoms with van der Waals surface area (Å²) in [5.74, 6) is 0. The molecular weight excluding hydrogens is 200 g/mol. The van der Waals surface area contributed by atoms with Crippen LogP contribution in [0.2, 0.25) is 0 Å². The zero-order valence-electron chi connectivity index (χ0n) is 11.5. The van der Waals surface area contributed by atoms with Gasteiger partial charge in [-0.3, -0.25) is 4.90 Å². The SMILES string of the molecule is CC(C)(C)C(N)C(CO)N1CCCC1(C)C. The number of aliphatic hydroxyl groups is 1. The Bertz CT molecular complexity index is 233. The third-order valence-electron chi connectivity index (χ3n) is 3.97. The topological polar surface area (TPSA) is 49.5 Å². The van der Waals surface area contributed by atoms with Gasteiger partial charge in [-0.25, -0.2) is 0 Å². The van der Waals surface area contributed by atoms with Gasteiger partial charge in [-0.05, 0) is 38.6 Å². The first-order valence-corrected chi connectivity index (χ1v) is 6.33. The molecule has 1 heterocycles. The Hall–Kier alpha value is -0.120. The number of nitrogens with two attached hydrogens (primary N) is 1. The molecule has 1 saturated heterocycles. The van der Waals surface area contributed by atoms with E-state index in [1.54, 1.807) is 0 Å². The first-order chi connectivity index (χ1) is 7.20. The number of rotatable bonds is 3. The zero-order chi connectivity index (χ0) is 12.6. The fourth-order valence-corrected chi connectivity index (χ4v) is 2.73. The highest BCUT2D eigenvalue weighted by Crippen LogP contribution is 2.33. The summed E-state index contributed by atoms with van der Waals surface area (Å²) < 4.78 is 0. The lowest BCUT2D eigenvalue weighted by Crippen LogP contribution is -2.59. The van der Waals surface area contributed by atoms with Crippen LogP contribution in [0.25, 0.3) is 0 Å². The Balaban J connectivity index is 2.82. The van der Waals surface area contributed by atoms with Crippen molar-refractivity contribution in [1.29, 1.82) is 0 Å². The van der Waals surface area contributed by atoms with Crippen LogP contribution in [0.1, 0.15) is 47.5 Å². The van der Waals surface area contributed by atoms with Crippen LogP contribution >= 0.6 is 0 Å². The lowest BCUT2D eigenvalue weighted by atomic mass is 9.81. The standard InChI is InChI=1S/C13H28N2O/c1-12(2,3)11(14)10(9-16)15-8-6-7-13(15,4)5/h10-11,16H,6-9,14H2,1-5H3. The molecule has 1 rings (SSSR count). The third-order valence-corrected chi connectivity index (χ3v) is 3.97. The van der Waals surface area contributed by atoms with E-state index in [0.717, 1.165) is 6.54 Å². The average Bonchev–Trinajstić information content (AvgIpc) is 2.46. The predicted molar refractivity (Wildman–Crippen MR) is 68.3 cm³/mol. The molecule has 3 nitrogen and oxygen atoms in total. The molecule has 0 spiro atoms. The minimum atomic E-state index is 0.00914. The minimum absolute atomic E-state index is 0.00914. The quantitative estimate of drug-likeness (QED) is 0.771. The van der Waals surface area contributed by atoms with Gasteiger partial charge in [0.2, 0.25) is 0 Å². The van der Waals surface area contributed by atoms with Crippen LogP contribution in [0, 0.1) is 5.41 Å². The maximum Gasteiger partial charge on any atom is 0.0602 e. The fourth-order valence-electron chi connectivity index (χ4n) is 2.73. The van der Waals surface area contributed by atoms with Crippen molar-refractivity contribution in [1.82, 2.24) is 4.90 Å². The highest BCUT2D eigenvalue weighted by Gasteiger charge is 2.41. The van der Waals surface area contributed by atoms with Gasteiger partial charge in [0.25, 0.3) is 0 Å². The molecule has 0 aromatic rings. The van der Waals surface area contributed by atoms with Gasteiger partial charge < -0.3 is 10.8 Å². The third kappa shape index (κ3) is 2.76. The predicted octanol–water partition coefficient (Wildman–Crippen LogP) is 1.60. The number of nitrogens with zero attached hydrogens (tertiary/aromatic N) is 1. The molecule has 2 unspecified atom stereocenters. The Morgan fingerprint density at radius 2 is 1.94 bits per heavy atom. The maximum absolute atomic E-state index is 9.63. The lowest BCUT2D eigenvalue weighted by molar-refractivity contribution is 0.0313. The van der Waals surface area contributed by atoms with E-state index in [1.807, 2.05) is 0 Å². The van der Waals surface area contributed by atoms with Gasteiger partial charge in [-0.2, -0.15) is 0 Å². The highest BCUT2D eigenvalue weighted by atomic mass is 16.3. The molecule has 2 atom stereocenters. The van der Waals surface area contributed by atoms with Crippen LogP contribution in [0.5, 0.6) is 0 Å². The molecule has 0 saturated carbocycles. The van der Waals surface area contributed by atoms with Crippen molar-refractivity contribution in [2.45, 2.75) is 65.1 Å². The Labute approximate surface area is 100 Å². The molecule has 0 radical (unpaired) electrons. The highest BCUT2D eigenvalue weighted by molar-refractivity contribution is 4.98. The fraction of sp³-hybridized carbons (Fsp3) is 1.00. The number of hydrogen-bond donors (Lipinski definition) is 2. The van der Waals surface area contributed by atoms with Gasteiger partial charge in [0, 0.05) is 17.6 Å². The van der Waals surface area contributed by atoms with Crippen LogP contribution in [0.4, 0.5) is 0 Å². The molecule has 16 heavy (non-hydrogen) atoms. The Morgan fingerprint density at radius 1 is 1.38 bits per heavy atom. The van der Waals surface area contributed by atoms with Crippen LogP contribution < -0.4 is 5.73 Å². The average molecular weight is 228 g/mol. The van der Waals surface area contributed by atoms with E-state index in [-0.39, 0.29) is 29.6 Å². The molecule has 0 bridgehead atoms. The Morgan fingerprint density at radius 3 is 2.25 bits per heavy atom. The molecule has 96 valence electrons. The molecule has 0 aromatic heterocycles. The van der Waals surface area contributed by atoms with Crippen molar-refractivity contribution in [2.24, 2.45) is 11.1 Å². The van der Waals surface area contributed by atoms with Crippen molar-refractivity contribution in [2.75, 3.05) is 13.2 Å². The summed E-state index contributed by atoms with van der Waals surface area (Å²) in [7, 11) is 0. The van der Waals surface area contributed by atoms with Crippen LogP contribution in [0.15, 0.2) is 0 Å². The maximum atomic E-state index is 9.63. The molecule has 1 aliphatic rings. The minimum Gasteiger partial charge on any atom is -0.395 e. The van der Waals surface area contributed by atoms with Crippen LogP contribution in [-0.4, -0.2) is 40.8 Å². The number of hydrogen-bond acceptors (Lipinski definition) is 3. The first kappa shape index (κ1) is 13.9. The molecule has 1 fully saturated rings. The molecule has 0 aliphatic carbocycles. The van der Waals surface area contributed by atoms with E-state index in [4.69, 9.17) is 5.73 Å². The monoisotopic (exact) mass is 228 g/mol. The lowest BCUT2D eigenvalue weighted by Gasteiger charge is -2.44. The second kappa shape index (κ2) is 4.63. The largest absolute Gasteiger partial charge is 0.395 e. The summed E-state index contributed by atoms with van der Waals surface area (Å²) in [5, 5.41) is 9.63. The molecular formula is C13H28N2O. The van der Waals surface area contributed by atoms with Crippen molar-refractivity contribution in [3.05, 3.63) is 0 Å². The van der Waals surface area contributed by atoms with Crippen molar-refractivity contribution in [3.63, 3.8) is 0 Å². The zero-order valence-corrected chi connectivity index (χ0v) is 11.5. The van der Waals surface area contributed by atoms with Crippen molar-refractivity contribution in [3.8, 4) is 0 Å². The molecule has 0 aromatic carbocycles. The van der Waals surface area contributed by atoms with E-state index in [1.165, 1.54) is 12.8 Å². The summed E-state index contributed by atoms with van der Waals surface area (Å²) in [6.07, 6.45) is 2.40. The van der Waals surface area contributed by atoms with E-state index >= 15 is 0 Å². The van der Waals surface area contributed by atoms with E-state index < -0.39 is 0 Å². The summed E-state index contributed by atoms with van der Waals surface area (Å²) >= 11 is 0. The van der Waals surface area contributed by atoms with Gasteiger partial charge in [0.05, 0.1) is 6.61 Å². The van der Waals surface area contributed by atoms with Gasteiger partial charge in [-0.1, -0.05) is 20.8 Å². The second-order valence-electron chi connectivity index (χ2n) is 6.75. The molecule has 3 heteroatoms. The van der Waals surface area contributed by atoms with Crippen LogP contribution in [0.3, 0.4) is 0 Å². The summed E-state index contributed by atoms with van der Waals surface area (Å²) in [6.45, 7) is 12.1. The molecule has 3 N–H and O–H groups in total. The summed E-state index contributed by atoms with van der Waals surface area (Å²) in [6, 6.07) is 0.0902. The normalized spacial score (nSPS) is 25.7. The van der Waals surface area contributed by atoms with Gasteiger partial charge >= 0.3 is 0 Å².